The molecule has 5 aromatic rings. The molecular weight excluding hydrogens is 543 g/mol. The Labute approximate surface area is 232 Å². The van der Waals surface area contributed by atoms with Crippen LogP contribution in [-0.4, -0.2) is 27.1 Å². The number of anilines is 2. The van der Waals surface area contributed by atoms with Crippen LogP contribution in [0.3, 0.4) is 0 Å². The predicted octanol–water partition coefficient (Wildman–Crippen LogP) is 7.99. The summed E-state index contributed by atoms with van der Waals surface area (Å²) in [5.74, 6) is -0.809. The topological polar surface area (TPSA) is 104 Å². The number of amides is 2. The molecule has 190 valence electrons. The minimum absolute atomic E-state index is 0.104. The van der Waals surface area contributed by atoms with Gasteiger partial charge in [-0.15, -0.1) is 11.3 Å². The SMILES string of the molecule is O=C(O)CCc1ccc(-c2csc3c(-c4ccc(NC(=O)Nc5cccc(Cl)c5Cl)cc4)ncnc23)cc1. The van der Waals surface area contributed by atoms with Gasteiger partial charge in [0.15, 0.2) is 0 Å². The van der Waals surface area contributed by atoms with Crippen LogP contribution in [0, 0.1) is 0 Å². The van der Waals surface area contributed by atoms with Crippen molar-refractivity contribution < 1.29 is 14.7 Å². The van der Waals surface area contributed by atoms with E-state index in [1.165, 1.54) is 0 Å². The minimum Gasteiger partial charge on any atom is -0.481 e. The average Bonchev–Trinajstić information content (AvgIpc) is 3.35. The Morgan fingerprint density at radius 1 is 0.895 bits per heavy atom. The first-order valence-electron chi connectivity index (χ1n) is 11.5. The molecule has 10 heteroatoms. The van der Waals surface area contributed by atoms with Crippen molar-refractivity contribution >= 4 is 68.1 Å². The first-order valence-corrected chi connectivity index (χ1v) is 13.2. The zero-order chi connectivity index (χ0) is 26.6. The largest absolute Gasteiger partial charge is 0.481 e. The van der Waals surface area contributed by atoms with Gasteiger partial charge in [0, 0.05) is 28.6 Å². The molecule has 0 bridgehead atoms. The summed E-state index contributed by atoms with van der Waals surface area (Å²) < 4.78 is 0.950. The van der Waals surface area contributed by atoms with Crippen molar-refractivity contribution in [1.82, 2.24) is 9.97 Å². The van der Waals surface area contributed by atoms with E-state index in [2.05, 4.69) is 26.0 Å². The number of nitrogens with one attached hydrogen (secondary N) is 2. The number of rotatable bonds is 7. The number of thiophene rings is 1. The standard InChI is InChI=1S/C28H20Cl2N4O3S/c29-21-2-1-3-22(24(21)30)34-28(37)33-19-11-9-18(10-12-19)25-27-26(32-15-31-25)20(14-38-27)17-7-4-16(5-8-17)6-13-23(35)36/h1-5,7-12,14-15H,6,13H2,(H,35,36)(H2,33,34,37). The van der Waals surface area contributed by atoms with Crippen LogP contribution >= 0.6 is 34.5 Å². The highest BCUT2D eigenvalue weighted by molar-refractivity contribution is 7.18. The second-order valence-electron chi connectivity index (χ2n) is 8.40. The van der Waals surface area contributed by atoms with E-state index in [4.69, 9.17) is 28.3 Å². The first-order chi connectivity index (χ1) is 18.4. The van der Waals surface area contributed by atoms with Gasteiger partial charge in [-0.3, -0.25) is 4.79 Å². The maximum Gasteiger partial charge on any atom is 0.323 e. The summed E-state index contributed by atoms with van der Waals surface area (Å²) in [5, 5.41) is 17.1. The van der Waals surface area contributed by atoms with Gasteiger partial charge in [0.05, 0.1) is 31.6 Å². The van der Waals surface area contributed by atoms with Gasteiger partial charge < -0.3 is 15.7 Å². The summed E-state index contributed by atoms with van der Waals surface area (Å²) >= 11 is 13.7. The van der Waals surface area contributed by atoms with E-state index in [0.717, 1.165) is 38.2 Å². The van der Waals surface area contributed by atoms with Crippen LogP contribution in [0.2, 0.25) is 10.0 Å². The lowest BCUT2D eigenvalue weighted by Gasteiger charge is -2.10. The van der Waals surface area contributed by atoms with E-state index < -0.39 is 12.0 Å². The molecular formula is C28H20Cl2N4O3S. The molecule has 38 heavy (non-hydrogen) atoms. The molecule has 0 saturated heterocycles. The molecule has 3 aromatic carbocycles. The molecule has 0 saturated carbocycles. The average molecular weight is 563 g/mol. The number of carboxylic acids is 1. The Morgan fingerprint density at radius 2 is 1.63 bits per heavy atom. The molecule has 3 N–H and O–H groups in total. The number of aromatic nitrogens is 2. The molecule has 2 aromatic heterocycles. The second kappa shape index (κ2) is 11.2. The normalized spacial score (nSPS) is 10.9. The number of fused-ring (bicyclic) bond motifs is 1. The minimum atomic E-state index is -0.809. The third kappa shape index (κ3) is 5.62. The van der Waals surface area contributed by atoms with Crippen LogP contribution < -0.4 is 10.6 Å². The Hall–Kier alpha value is -3.98. The number of halogens is 2. The molecule has 5 rings (SSSR count). The number of aryl methyl sites for hydroxylation is 1. The quantitative estimate of drug-likeness (QED) is 0.186. The van der Waals surface area contributed by atoms with E-state index in [9.17, 15) is 9.59 Å². The molecule has 2 amide bonds. The number of hydrogen-bond acceptors (Lipinski definition) is 5. The van der Waals surface area contributed by atoms with Crippen LogP contribution in [0.1, 0.15) is 12.0 Å². The van der Waals surface area contributed by atoms with Crippen LogP contribution in [0.15, 0.2) is 78.4 Å². The Balaban J connectivity index is 1.33. The Kier molecular flexibility index (Phi) is 7.55. The molecule has 0 aliphatic rings. The van der Waals surface area contributed by atoms with Crippen molar-refractivity contribution in [1.29, 1.82) is 0 Å². The van der Waals surface area contributed by atoms with Gasteiger partial charge in [0.2, 0.25) is 0 Å². The van der Waals surface area contributed by atoms with Crippen molar-refractivity contribution in [3.8, 4) is 22.4 Å². The fraction of sp³-hybridized carbons (Fsp3) is 0.0714. The monoisotopic (exact) mass is 562 g/mol. The van der Waals surface area contributed by atoms with Gasteiger partial charge in [0.25, 0.3) is 0 Å². The number of urea groups is 1. The number of benzene rings is 3. The molecule has 0 aliphatic heterocycles. The molecule has 7 nitrogen and oxygen atoms in total. The summed E-state index contributed by atoms with van der Waals surface area (Å²) in [6, 6.07) is 19.8. The lowest BCUT2D eigenvalue weighted by Crippen LogP contribution is -2.19. The summed E-state index contributed by atoms with van der Waals surface area (Å²) in [7, 11) is 0. The van der Waals surface area contributed by atoms with Crippen molar-refractivity contribution in [2.45, 2.75) is 12.8 Å². The smallest absolute Gasteiger partial charge is 0.323 e. The lowest BCUT2D eigenvalue weighted by molar-refractivity contribution is -0.136. The van der Waals surface area contributed by atoms with Gasteiger partial charge in [0.1, 0.15) is 6.33 Å². The van der Waals surface area contributed by atoms with E-state index in [1.54, 1.807) is 48.0 Å². The van der Waals surface area contributed by atoms with E-state index >= 15 is 0 Å². The van der Waals surface area contributed by atoms with Gasteiger partial charge in [-0.25, -0.2) is 14.8 Å². The Morgan fingerprint density at radius 3 is 2.37 bits per heavy atom. The number of carboxylic acid groups (broad SMARTS) is 1. The number of carbonyl (C=O) groups is 2. The summed E-state index contributed by atoms with van der Waals surface area (Å²) in [4.78, 5) is 32.3. The van der Waals surface area contributed by atoms with Crippen LogP contribution in [0.4, 0.5) is 16.2 Å². The fourth-order valence-electron chi connectivity index (χ4n) is 3.96. The van der Waals surface area contributed by atoms with E-state index in [1.807, 2.05) is 36.4 Å². The summed E-state index contributed by atoms with van der Waals surface area (Å²) in [6.07, 6.45) is 2.14. The molecule has 0 radical (unpaired) electrons. The van der Waals surface area contributed by atoms with E-state index in [0.29, 0.717) is 22.8 Å². The zero-order valence-corrected chi connectivity index (χ0v) is 22.1. The molecule has 0 aliphatic carbocycles. The number of hydrogen-bond donors (Lipinski definition) is 3. The Bertz CT molecular complexity index is 1640. The zero-order valence-electron chi connectivity index (χ0n) is 19.7. The van der Waals surface area contributed by atoms with Crippen LogP contribution in [-0.2, 0) is 11.2 Å². The first kappa shape index (κ1) is 25.7. The van der Waals surface area contributed by atoms with Crippen LogP contribution in [0.25, 0.3) is 32.6 Å². The predicted molar refractivity (Wildman–Crippen MR) is 153 cm³/mol. The summed E-state index contributed by atoms with van der Waals surface area (Å²) in [6.45, 7) is 0. The number of carbonyl (C=O) groups excluding carboxylic acids is 1. The molecule has 2 heterocycles. The second-order valence-corrected chi connectivity index (χ2v) is 10.1. The van der Waals surface area contributed by atoms with Crippen molar-refractivity contribution in [3.05, 3.63) is 94.0 Å². The fourth-order valence-corrected chi connectivity index (χ4v) is 5.35. The van der Waals surface area contributed by atoms with Crippen molar-refractivity contribution in [2.24, 2.45) is 0 Å². The van der Waals surface area contributed by atoms with Crippen LogP contribution in [0.5, 0.6) is 0 Å². The van der Waals surface area contributed by atoms with Crippen molar-refractivity contribution in [3.63, 3.8) is 0 Å². The third-order valence-corrected chi connectivity index (χ3v) is 7.66. The molecule has 0 atom stereocenters. The highest BCUT2D eigenvalue weighted by atomic mass is 35.5. The molecule has 0 spiro atoms. The third-order valence-electron chi connectivity index (χ3n) is 5.86. The van der Waals surface area contributed by atoms with Gasteiger partial charge >= 0.3 is 12.0 Å². The number of nitrogens with zero attached hydrogens (tertiary/aromatic N) is 2. The van der Waals surface area contributed by atoms with Gasteiger partial charge in [-0.1, -0.05) is 65.7 Å². The highest BCUT2D eigenvalue weighted by Gasteiger charge is 2.14. The maximum absolute atomic E-state index is 12.4. The highest BCUT2D eigenvalue weighted by Crippen LogP contribution is 2.37. The van der Waals surface area contributed by atoms with Crippen molar-refractivity contribution in [2.75, 3.05) is 10.6 Å². The lowest BCUT2D eigenvalue weighted by atomic mass is 10.0. The maximum atomic E-state index is 12.4. The molecule has 0 unspecified atom stereocenters. The summed E-state index contributed by atoms with van der Waals surface area (Å²) in [5.41, 5.74) is 6.52. The number of aliphatic carboxylic acids is 1. The van der Waals surface area contributed by atoms with Gasteiger partial charge in [-0.05, 0) is 41.8 Å². The van der Waals surface area contributed by atoms with Gasteiger partial charge in [-0.2, -0.15) is 0 Å². The molecule has 0 fully saturated rings. The van der Waals surface area contributed by atoms with E-state index in [-0.39, 0.29) is 11.4 Å².